The van der Waals surface area contributed by atoms with Crippen LogP contribution in [0.25, 0.3) is 0 Å². The number of ether oxygens (including phenoxy) is 1. The van der Waals surface area contributed by atoms with E-state index in [9.17, 15) is 9.59 Å². The summed E-state index contributed by atoms with van der Waals surface area (Å²) in [6, 6.07) is 11.5. The van der Waals surface area contributed by atoms with Gasteiger partial charge in [0.25, 0.3) is 0 Å². The fourth-order valence-electron chi connectivity index (χ4n) is 4.53. The molecule has 0 saturated carbocycles. The Morgan fingerprint density at radius 1 is 1.09 bits per heavy atom. The Morgan fingerprint density at radius 3 is 2.62 bits per heavy atom. The van der Waals surface area contributed by atoms with Crippen LogP contribution in [-0.2, 0) is 16.0 Å². The number of likely N-dealkylation sites (tertiary alicyclic amines) is 1. The number of likely N-dealkylation sites (N-methyl/N-ethyl adjacent to an activating group) is 1. The monoisotopic (exact) mass is 456 g/mol. The average Bonchev–Trinajstić information content (AvgIpc) is 3.44. The molecule has 2 N–H and O–H groups in total. The van der Waals surface area contributed by atoms with Gasteiger partial charge in [0.15, 0.2) is 0 Å². The van der Waals surface area contributed by atoms with E-state index in [2.05, 4.69) is 45.7 Å². The number of methoxy groups -OCH3 is 1. The third-order valence-corrected chi connectivity index (χ3v) is 6.50. The van der Waals surface area contributed by atoms with Gasteiger partial charge in [-0.15, -0.1) is 0 Å². The Bertz CT molecular complexity index is 1010. The van der Waals surface area contributed by atoms with Crippen LogP contribution in [0.2, 0.25) is 5.02 Å². The highest BCUT2D eigenvalue weighted by Crippen LogP contribution is 2.32. The molecule has 0 aliphatic carbocycles. The lowest BCUT2D eigenvalue weighted by atomic mass is 10.0. The smallest absolute Gasteiger partial charge is 0.313 e. The molecule has 0 radical (unpaired) electrons. The van der Waals surface area contributed by atoms with Gasteiger partial charge in [0.1, 0.15) is 5.75 Å². The number of fused-ring (bicyclic) bond motifs is 1. The number of nitrogens with one attached hydrogen (secondary N) is 2. The van der Waals surface area contributed by atoms with Crippen LogP contribution in [0.15, 0.2) is 36.4 Å². The number of hydrogen-bond acceptors (Lipinski definition) is 5. The summed E-state index contributed by atoms with van der Waals surface area (Å²) in [5.41, 5.74) is 4.15. The molecule has 2 heterocycles. The first-order chi connectivity index (χ1) is 15.5. The highest BCUT2D eigenvalue weighted by Gasteiger charge is 2.27. The molecule has 8 heteroatoms. The summed E-state index contributed by atoms with van der Waals surface area (Å²) in [6.07, 6.45) is 3.32. The molecule has 32 heavy (non-hydrogen) atoms. The van der Waals surface area contributed by atoms with E-state index in [4.69, 9.17) is 16.3 Å². The number of anilines is 2. The van der Waals surface area contributed by atoms with Crippen molar-refractivity contribution in [3.63, 3.8) is 0 Å². The second-order valence-corrected chi connectivity index (χ2v) is 8.76. The Morgan fingerprint density at radius 2 is 1.88 bits per heavy atom. The molecule has 2 amide bonds. The molecule has 2 aromatic carbocycles. The molecule has 7 nitrogen and oxygen atoms in total. The molecular weight excluding hydrogens is 428 g/mol. The minimum absolute atomic E-state index is 0.0335. The van der Waals surface area contributed by atoms with Crippen LogP contribution >= 0.6 is 11.6 Å². The van der Waals surface area contributed by atoms with E-state index in [1.807, 2.05) is 0 Å². The second kappa shape index (κ2) is 9.79. The number of halogens is 1. The van der Waals surface area contributed by atoms with Crippen molar-refractivity contribution in [1.29, 1.82) is 0 Å². The summed E-state index contributed by atoms with van der Waals surface area (Å²) >= 11 is 6.01. The van der Waals surface area contributed by atoms with Gasteiger partial charge in [-0.25, -0.2) is 0 Å². The van der Waals surface area contributed by atoms with Gasteiger partial charge < -0.3 is 20.3 Å². The summed E-state index contributed by atoms with van der Waals surface area (Å²) < 4.78 is 5.23. The first kappa shape index (κ1) is 22.4. The number of nitrogens with zero attached hydrogens (tertiary/aromatic N) is 2. The standard InChI is InChI=1S/C24H29ClN4O3/c1-28-12-9-17-13-16(5-7-20(17)28)21(29-10-3-4-11-29)15-26-23(30)24(31)27-19-14-18(25)6-8-22(19)32-2/h5-8,13-14,21H,3-4,9-12,15H2,1-2H3,(H,26,30)(H,27,31)/t21-/m1/s1. The lowest BCUT2D eigenvalue weighted by molar-refractivity contribution is -0.136. The minimum atomic E-state index is -0.749. The van der Waals surface area contributed by atoms with Gasteiger partial charge in [0, 0.05) is 30.8 Å². The number of carbonyl (C=O) groups is 2. The molecule has 0 spiro atoms. The van der Waals surface area contributed by atoms with Crippen molar-refractivity contribution >= 4 is 34.8 Å². The Hall–Kier alpha value is -2.77. The Kier molecular flexibility index (Phi) is 6.86. The number of carbonyl (C=O) groups excluding carboxylic acids is 2. The van der Waals surface area contributed by atoms with Crippen LogP contribution in [0.5, 0.6) is 5.75 Å². The van der Waals surface area contributed by atoms with Gasteiger partial charge >= 0.3 is 11.8 Å². The molecule has 2 aliphatic heterocycles. The van der Waals surface area contributed by atoms with Crippen molar-refractivity contribution < 1.29 is 14.3 Å². The predicted molar refractivity (Wildman–Crippen MR) is 127 cm³/mol. The number of rotatable bonds is 6. The summed E-state index contributed by atoms with van der Waals surface area (Å²) in [4.78, 5) is 29.8. The third-order valence-electron chi connectivity index (χ3n) is 6.27. The summed E-state index contributed by atoms with van der Waals surface area (Å²) in [5.74, 6) is -0.993. The van der Waals surface area contributed by atoms with Crippen LogP contribution in [0.3, 0.4) is 0 Å². The van der Waals surface area contributed by atoms with E-state index < -0.39 is 11.8 Å². The van der Waals surface area contributed by atoms with Crippen molar-refractivity contribution in [2.24, 2.45) is 0 Å². The van der Waals surface area contributed by atoms with Gasteiger partial charge in [-0.2, -0.15) is 0 Å². The highest BCUT2D eigenvalue weighted by atomic mass is 35.5. The van der Waals surface area contributed by atoms with Crippen LogP contribution in [0, 0.1) is 0 Å². The zero-order valence-electron chi connectivity index (χ0n) is 18.5. The summed E-state index contributed by atoms with van der Waals surface area (Å²) in [7, 11) is 3.60. The fourth-order valence-corrected chi connectivity index (χ4v) is 4.70. The molecule has 2 aliphatic rings. The van der Waals surface area contributed by atoms with Crippen LogP contribution in [0.4, 0.5) is 11.4 Å². The summed E-state index contributed by atoms with van der Waals surface area (Å²) in [5, 5.41) is 5.87. The summed E-state index contributed by atoms with van der Waals surface area (Å²) in [6.45, 7) is 3.37. The van der Waals surface area contributed by atoms with Crippen molar-refractivity contribution in [3.05, 3.63) is 52.5 Å². The van der Waals surface area contributed by atoms with E-state index in [1.165, 1.54) is 23.9 Å². The van der Waals surface area contributed by atoms with Gasteiger partial charge in [0.05, 0.1) is 18.8 Å². The first-order valence-electron chi connectivity index (χ1n) is 11.0. The molecule has 0 unspecified atom stereocenters. The zero-order valence-corrected chi connectivity index (χ0v) is 19.2. The van der Waals surface area contributed by atoms with Crippen LogP contribution < -0.4 is 20.3 Å². The molecular formula is C24H29ClN4O3. The maximum absolute atomic E-state index is 12.6. The highest BCUT2D eigenvalue weighted by molar-refractivity contribution is 6.40. The largest absolute Gasteiger partial charge is 0.495 e. The number of amides is 2. The van der Waals surface area contributed by atoms with E-state index in [1.54, 1.807) is 18.2 Å². The predicted octanol–water partition coefficient (Wildman–Crippen LogP) is 3.23. The maximum Gasteiger partial charge on any atom is 0.313 e. The van der Waals surface area contributed by atoms with Gasteiger partial charge in [0.2, 0.25) is 0 Å². The Labute approximate surface area is 193 Å². The SMILES string of the molecule is COc1ccc(Cl)cc1NC(=O)C(=O)NC[C@H](c1ccc2c(c1)CCN2C)N1CCCC1. The molecule has 1 fully saturated rings. The lowest BCUT2D eigenvalue weighted by Gasteiger charge is -2.28. The first-order valence-corrected chi connectivity index (χ1v) is 11.3. The minimum Gasteiger partial charge on any atom is -0.495 e. The van der Waals surface area contributed by atoms with Crippen molar-refractivity contribution in [2.45, 2.75) is 25.3 Å². The second-order valence-electron chi connectivity index (χ2n) is 8.33. The van der Waals surface area contributed by atoms with Gasteiger partial charge in [-0.05, 0) is 67.7 Å². The van der Waals surface area contributed by atoms with Crippen molar-refractivity contribution in [3.8, 4) is 5.75 Å². The fraction of sp³-hybridized carbons (Fsp3) is 0.417. The van der Waals surface area contributed by atoms with E-state index in [0.29, 0.717) is 23.0 Å². The number of hydrogen-bond donors (Lipinski definition) is 2. The molecule has 4 rings (SSSR count). The quantitative estimate of drug-likeness (QED) is 0.653. The molecule has 1 saturated heterocycles. The van der Waals surface area contributed by atoms with Gasteiger partial charge in [-0.1, -0.05) is 23.7 Å². The topological polar surface area (TPSA) is 73.9 Å². The lowest BCUT2D eigenvalue weighted by Crippen LogP contribution is -2.41. The normalized spacial score (nSPS) is 16.5. The van der Waals surface area contributed by atoms with Crippen LogP contribution in [-0.4, -0.2) is 57.1 Å². The van der Waals surface area contributed by atoms with E-state index >= 15 is 0 Å². The van der Waals surface area contributed by atoms with E-state index in [0.717, 1.165) is 38.9 Å². The Balaban J connectivity index is 1.45. The molecule has 2 aromatic rings. The zero-order chi connectivity index (χ0) is 22.7. The molecule has 0 aromatic heterocycles. The van der Waals surface area contributed by atoms with Crippen molar-refractivity contribution in [1.82, 2.24) is 10.2 Å². The molecule has 170 valence electrons. The number of benzene rings is 2. The molecule has 1 atom stereocenters. The van der Waals surface area contributed by atoms with Gasteiger partial charge in [-0.3, -0.25) is 14.5 Å². The molecule has 0 bridgehead atoms. The average molecular weight is 457 g/mol. The maximum atomic E-state index is 12.6. The van der Waals surface area contributed by atoms with E-state index in [-0.39, 0.29) is 6.04 Å². The van der Waals surface area contributed by atoms with Crippen molar-refractivity contribution in [2.75, 3.05) is 50.6 Å². The van der Waals surface area contributed by atoms with Crippen LogP contribution in [0.1, 0.15) is 30.0 Å². The third kappa shape index (κ3) is 4.84.